The van der Waals surface area contributed by atoms with E-state index in [4.69, 9.17) is 4.98 Å². The van der Waals surface area contributed by atoms with Crippen LogP contribution >= 0.6 is 0 Å². The average Bonchev–Trinajstić information content (AvgIpc) is 3.93. The first-order valence-electron chi connectivity index (χ1n) is 21.3. The lowest BCUT2D eigenvalue weighted by molar-refractivity contribution is 0.590. The summed E-state index contributed by atoms with van der Waals surface area (Å²) in [6.45, 7) is 6.82. The minimum atomic E-state index is -0.606. The van der Waals surface area contributed by atoms with E-state index in [0.717, 1.165) is 22.4 Å². The minimum absolute atomic E-state index is 0.0829. The van der Waals surface area contributed by atoms with Crippen molar-refractivity contribution in [3.8, 4) is 33.6 Å². The van der Waals surface area contributed by atoms with E-state index in [1.807, 2.05) is 6.20 Å². The molecule has 8 aromatic carbocycles. The van der Waals surface area contributed by atoms with Crippen molar-refractivity contribution < 1.29 is 0 Å². The first-order chi connectivity index (χ1) is 29.9. The summed E-state index contributed by atoms with van der Waals surface area (Å²) in [5.74, 6) is 0. The molecule has 0 aliphatic heterocycles. The maximum absolute atomic E-state index is 5.05. The molecule has 1 aliphatic rings. The summed E-state index contributed by atoms with van der Waals surface area (Å²) in [7, 11) is 0. The van der Waals surface area contributed by atoms with Gasteiger partial charge in [-0.2, -0.15) is 0 Å². The SMILES string of the molecule is CC(C)(C)c1ccc(-n2c3ccccc3c3cc(C4(c5cncc(-c6ccc(-n7c8ccccc8c8ccccc87)cc6)c5)c5ccccc5-c5ccccc54)ccc32)cc1. The fourth-order valence-corrected chi connectivity index (χ4v) is 10.4. The van der Waals surface area contributed by atoms with Crippen molar-refractivity contribution in [1.82, 2.24) is 14.1 Å². The Morgan fingerprint density at radius 2 is 0.869 bits per heavy atom. The van der Waals surface area contributed by atoms with Gasteiger partial charge in [0, 0.05) is 50.9 Å². The van der Waals surface area contributed by atoms with Gasteiger partial charge < -0.3 is 9.13 Å². The highest BCUT2D eigenvalue weighted by atomic mass is 15.0. The third-order valence-electron chi connectivity index (χ3n) is 13.3. The van der Waals surface area contributed by atoms with Gasteiger partial charge >= 0.3 is 0 Å². The standard InChI is InChI=1S/C58H43N3/c1-57(2,3)40-26-31-44(32-27-40)61-55-23-13-8-18-49(55)50-35-41(28-33-56(50)61)58(51-19-9-4-14-45(51)46-15-5-10-20-52(46)58)42-34-39(36-59-37-42)38-24-29-43(30-25-38)60-53-21-11-6-16-47(53)48-17-7-12-22-54(48)60/h4-37H,1-3H3. The van der Waals surface area contributed by atoms with Gasteiger partial charge in [0.2, 0.25) is 0 Å². The van der Waals surface area contributed by atoms with Crippen molar-refractivity contribution >= 4 is 43.6 Å². The van der Waals surface area contributed by atoms with Gasteiger partial charge in [-0.1, -0.05) is 154 Å². The molecular weight excluding hydrogens is 739 g/mol. The highest BCUT2D eigenvalue weighted by molar-refractivity contribution is 6.10. The van der Waals surface area contributed by atoms with E-state index in [2.05, 4.69) is 230 Å². The predicted molar refractivity (Wildman–Crippen MR) is 254 cm³/mol. The molecule has 3 heteroatoms. The van der Waals surface area contributed by atoms with E-state index in [1.54, 1.807) is 0 Å². The number of fused-ring (bicyclic) bond motifs is 9. The summed E-state index contributed by atoms with van der Waals surface area (Å²) >= 11 is 0. The van der Waals surface area contributed by atoms with Crippen LogP contribution in [0.2, 0.25) is 0 Å². The number of rotatable bonds is 5. The number of pyridine rings is 1. The van der Waals surface area contributed by atoms with Crippen LogP contribution in [0, 0.1) is 0 Å². The van der Waals surface area contributed by atoms with Gasteiger partial charge in [0.05, 0.1) is 27.5 Å². The molecule has 11 aromatic rings. The largest absolute Gasteiger partial charge is 0.309 e. The van der Waals surface area contributed by atoms with Crippen molar-refractivity contribution in [2.45, 2.75) is 31.6 Å². The molecule has 0 bridgehead atoms. The van der Waals surface area contributed by atoms with Crippen molar-refractivity contribution in [3.63, 3.8) is 0 Å². The van der Waals surface area contributed by atoms with Gasteiger partial charge in [0.25, 0.3) is 0 Å². The smallest absolute Gasteiger partial charge is 0.0728 e. The molecule has 61 heavy (non-hydrogen) atoms. The maximum atomic E-state index is 5.05. The van der Waals surface area contributed by atoms with Gasteiger partial charge in [0.15, 0.2) is 0 Å². The molecule has 0 unspecified atom stereocenters. The Bertz CT molecular complexity index is 3400. The summed E-state index contributed by atoms with van der Waals surface area (Å²) in [5.41, 5.74) is 17.6. The normalized spacial score (nSPS) is 13.3. The van der Waals surface area contributed by atoms with E-state index in [-0.39, 0.29) is 5.41 Å². The van der Waals surface area contributed by atoms with E-state index in [9.17, 15) is 0 Å². The Morgan fingerprint density at radius 3 is 1.43 bits per heavy atom. The van der Waals surface area contributed by atoms with Crippen LogP contribution in [-0.4, -0.2) is 14.1 Å². The van der Waals surface area contributed by atoms with Crippen LogP contribution in [0.3, 0.4) is 0 Å². The molecule has 0 saturated carbocycles. The van der Waals surface area contributed by atoms with E-state index in [1.165, 1.54) is 82.7 Å². The van der Waals surface area contributed by atoms with Crippen LogP contribution in [0.1, 0.15) is 48.6 Å². The van der Waals surface area contributed by atoms with E-state index >= 15 is 0 Å². The molecule has 290 valence electrons. The molecule has 1 aliphatic carbocycles. The summed E-state index contributed by atoms with van der Waals surface area (Å²) in [5, 5.41) is 5.00. The van der Waals surface area contributed by atoms with Crippen LogP contribution in [0.15, 0.2) is 207 Å². The summed E-state index contributed by atoms with van der Waals surface area (Å²) in [6.07, 6.45) is 4.11. The predicted octanol–water partition coefficient (Wildman–Crippen LogP) is 14.6. The van der Waals surface area contributed by atoms with Crippen LogP contribution in [0.4, 0.5) is 0 Å². The Morgan fingerprint density at radius 1 is 0.393 bits per heavy atom. The van der Waals surface area contributed by atoms with Gasteiger partial charge in [-0.05, 0) is 111 Å². The molecule has 0 spiro atoms. The molecule has 0 amide bonds. The molecule has 3 aromatic heterocycles. The molecule has 3 heterocycles. The molecular formula is C58H43N3. The fraction of sp³-hybridized carbons (Fsp3) is 0.0862. The number of aromatic nitrogens is 3. The highest BCUT2D eigenvalue weighted by Gasteiger charge is 2.46. The lowest BCUT2D eigenvalue weighted by Gasteiger charge is -2.34. The van der Waals surface area contributed by atoms with Gasteiger partial charge in [-0.15, -0.1) is 0 Å². The number of hydrogen-bond donors (Lipinski definition) is 0. The summed E-state index contributed by atoms with van der Waals surface area (Å²) < 4.78 is 4.80. The summed E-state index contributed by atoms with van der Waals surface area (Å²) in [4.78, 5) is 5.05. The van der Waals surface area contributed by atoms with Crippen molar-refractivity contribution in [1.29, 1.82) is 0 Å². The first kappa shape index (κ1) is 35.5. The number of hydrogen-bond acceptors (Lipinski definition) is 1. The fourth-order valence-electron chi connectivity index (χ4n) is 10.4. The molecule has 0 saturated heterocycles. The lowest BCUT2D eigenvalue weighted by atomic mass is 9.67. The molecule has 0 radical (unpaired) electrons. The lowest BCUT2D eigenvalue weighted by Crippen LogP contribution is -2.28. The average molecular weight is 782 g/mol. The summed E-state index contributed by atoms with van der Waals surface area (Å²) in [6, 6.07) is 71.8. The zero-order valence-electron chi connectivity index (χ0n) is 34.5. The second kappa shape index (κ2) is 13.3. The minimum Gasteiger partial charge on any atom is -0.309 e. The number of nitrogens with zero attached hydrogens (tertiary/aromatic N) is 3. The van der Waals surface area contributed by atoms with Gasteiger partial charge in [-0.3, -0.25) is 4.98 Å². The van der Waals surface area contributed by atoms with E-state index < -0.39 is 5.41 Å². The van der Waals surface area contributed by atoms with Crippen LogP contribution in [0.25, 0.3) is 77.2 Å². The van der Waals surface area contributed by atoms with Crippen LogP contribution in [0.5, 0.6) is 0 Å². The molecule has 0 atom stereocenters. The van der Waals surface area contributed by atoms with Crippen molar-refractivity contribution in [3.05, 3.63) is 234 Å². The number of benzene rings is 8. The third kappa shape index (κ3) is 5.20. The zero-order valence-corrected chi connectivity index (χ0v) is 34.5. The Kier molecular flexibility index (Phi) is 7.71. The topological polar surface area (TPSA) is 22.8 Å². The van der Waals surface area contributed by atoms with Crippen LogP contribution in [-0.2, 0) is 10.8 Å². The second-order valence-corrected chi connectivity index (χ2v) is 17.6. The van der Waals surface area contributed by atoms with Crippen molar-refractivity contribution in [2.24, 2.45) is 0 Å². The third-order valence-corrected chi connectivity index (χ3v) is 13.3. The molecule has 0 N–H and O–H groups in total. The Labute approximate surface area is 355 Å². The van der Waals surface area contributed by atoms with Crippen molar-refractivity contribution in [2.75, 3.05) is 0 Å². The highest BCUT2D eigenvalue weighted by Crippen LogP contribution is 2.57. The Balaban J connectivity index is 1.05. The second-order valence-electron chi connectivity index (χ2n) is 17.6. The molecule has 12 rings (SSSR count). The Hall–Kier alpha value is -7.49. The molecule has 0 fully saturated rings. The number of para-hydroxylation sites is 3. The van der Waals surface area contributed by atoms with Gasteiger partial charge in [0.1, 0.15) is 0 Å². The van der Waals surface area contributed by atoms with E-state index in [0.29, 0.717) is 0 Å². The zero-order chi connectivity index (χ0) is 40.9. The monoisotopic (exact) mass is 781 g/mol. The molecule has 3 nitrogen and oxygen atoms in total. The maximum Gasteiger partial charge on any atom is 0.0728 e. The first-order valence-corrected chi connectivity index (χ1v) is 21.3. The van der Waals surface area contributed by atoms with Crippen LogP contribution < -0.4 is 0 Å². The van der Waals surface area contributed by atoms with Gasteiger partial charge in [-0.25, -0.2) is 0 Å². The quantitative estimate of drug-likeness (QED) is 0.171.